The molecule has 2 aromatic heterocycles. The lowest BCUT2D eigenvalue weighted by molar-refractivity contribution is -0.116. The molecule has 5 nitrogen and oxygen atoms in total. The average molecular weight is 294 g/mol. The average Bonchev–Trinajstić information content (AvgIpc) is 2.90. The molecular weight excluding hydrogens is 276 g/mol. The van der Waals surface area contributed by atoms with E-state index in [1.54, 1.807) is 0 Å². The van der Waals surface area contributed by atoms with E-state index in [0.717, 1.165) is 23.4 Å². The number of hydrogen-bond acceptors (Lipinski definition) is 3. The van der Waals surface area contributed by atoms with Crippen molar-refractivity contribution in [2.24, 2.45) is 5.73 Å². The Balaban J connectivity index is 1.79. The van der Waals surface area contributed by atoms with Gasteiger partial charge in [0.2, 0.25) is 5.91 Å². The molecule has 0 atom stereocenters. The lowest BCUT2D eigenvalue weighted by Crippen LogP contribution is -2.16. The zero-order valence-corrected chi connectivity index (χ0v) is 12.2. The van der Waals surface area contributed by atoms with Gasteiger partial charge in [-0.2, -0.15) is 0 Å². The Kier molecular flexibility index (Phi) is 4.16. The number of imidazole rings is 1. The molecular formula is C17H18N4O. The largest absolute Gasteiger partial charge is 0.330 e. The summed E-state index contributed by atoms with van der Waals surface area (Å²) in [7, 11) is 0. The molecule has 0 aliphatic rings. The van der Waals surface area contributed by atoms with Crippen LogP contribution in [0.2, 0.25) is 0 Å². The monoisotopic (exact) mass is 294 g/mol. The predicted molar refractivity (Wildman–Crippen MR) is 86.7 cm³/mol. The third kappa shape index (κ3) is 3.32. The summed E-state index contributed by atoms with van der Waals surface area (Å²) >= 11 is 0. The molecule has 3 aromatic rings. The van der Waals surface area contributed by atoms with Gasteiger partial charge in [-0.15, -0.1) is 0 Å². The van der Waals surface area contributed by atoms with Crippen LogP contribution in [0, 0.1) is 0 Å². The Hall–Kier alpha value is -2.66. The Morgan fingerprint density at radius 3 is 2.73 bits per heavy atom. The van der Waals surface area contributed by atoms with E-state index in [1.807, 2.05) is 47.1 Å². The molecule has 0 radical (unpaired) electrons. The number of amides is 1. The fraction of sp³-hybridized carbons (Fsp3) is 0.176. The SMILES string of the molecule is NCCC(=O)Nc1ccc2nc(Cc3ccccc3)cn2c1. The number of benzene rings is 1. The lowest BCUT2D eigenvalue weighted by Gasteiger charge is -2.04. The standard InChI is InChI=1S/C17H18N4O/c18-9-8-17(22)20-14-6-7-16-19-15(12-21(16)11-14)10-13-4-2-1-3-5-13/h1-7,11-12H,8-10,18H2,(H,20,22). The van der Waals surface area contributed by atoms with Gasteiger partial charge in [-0.05, 0) is 17.7 Å². The first kappa shape index (κ1) is 14.3. The molecule has 0 saturated carbocycles. The number of pyridine rings is 1. The van der Waals surface area contributed by atoms with Gasteiger partial charge in [0.05, 0.1) is 11.4 Å². The van der Waals surface area contributed by atoms with Crippen molar-refractivity contribution < 1.29 is 4.79 Å². The quantitative estimate of drug-likeness (QED) is 0.758. The van der Waals surface area contributed by atoms with E-state index in [9.17, 15) is 4.79 Å². The van der Waals surface area contributed by atoms with Gasteiger partial charge < -0.3 is 15.5 Å². The number of nitrogens with one attached hydrogen (secondary N) is 1. The number of nitrogens with zero attached hydrogens (tertiary/aromatic N) is 2. The highest BCUT2D eigenvalue weighted by Crippen LogP contribution is 2.14. The Morgan fingerprint density at radius 1 is 1.14 bits per heavy atom. The van der Waals surface area contributed by atoms with Crippen LogP contribution in [-0.2, 0) is 11.2 Å². The van der Waals surface area contributed by atoms with Crippen LogP contribution in [0.25, 0.3) is 5.65 Å². The van der Waals surface area contributed by atoms with Crippen LogP contribution >= 0.6 is 0 Å². The summed E-state index contributed by atoms with van der Waals surface area (Å²) in [6.07, 6.45) is 4.96. The molecule has 0 saturated heterocycles. The molecule has 5 heteroatoms. The van der Waals surface area contributed by atoms with Gasteiger partial charge in [0.1, 0.15) is 5.65 Å². The van der Waals surface area contributed by atoms with Crippen LogP contribution in [0.4, 0.5) is 5.69 Å². The van der Waals surface area contributed by atoms with Crippen molar-refractivity contribution in [3.05, 3.63) is 66.1 Å². The van der Waals surface area contributed by atoms with E-state index in [4.69, 9.17) is 5.73 Å². The van der Waals surface area contributed by atoms with Crippen molar-refractivity contribution in [1.29, 1.82) is 0 Å². The first-order valence-electron chi connectivity index (χ1n) is 7.26. The summed E-state index contributed by atoms with van der Waals surface area (Å²) in [6.45, 7) is 0.348. The first-order chi connectivity index (χ1) is 10.7. The fourth-order valence-corrected chi connectivity index (χ4v) is 2.36. The van der Waals surface area contributed by atoms with Crippen molar-refractivity contribution in [2.45, 2.75) is 12.8 Å². The van der Waals surface area contributed by atoms with E-state index >= 15 is 0 Å². The van der Waals surface area contributed by atoms with Crippen LogP contribution in [0.5, 0.6) is 0 Å². The van der Waals surface area contributed by atoms with E-state index in [-0.39, 0.29) is 5.91 Å². The van der Waals surface area contributed by atoms with E-state index in [0.29, 0.717) is 13.0 Å². The summed E-state index contributed by atoms with van der Waals surface area (Å²) in [5.74, 6) is -0.0773. The van der Waals surface area contributed by atoms with E-state index in [1.165, 1.54) is 5.56 Å². The van der Waals surface area contributed by atoms with Gasteiger partial charge in [-0.25, -0.2) is 4.98 Å². The molecule has 112 valence electrons. The number of nitrogens with two attached hydrogens (primary N) is 1. The molecule has 3 N–H and O–H groups in total. The lowest BCUT2D eigenvalue weighted by atomic mass is 10.1. The Labute approximate surface area is 128 Å². The molecule has 22 heavy (non-hydrogen) atoms. The second-order valence-electron chi connectivity index (χ2n) is 5.16. The third-order valence-corrected chi connectivity index (χ3v) is 3.38. The summed E-state index contributed by atoms with van der Waals surface area (Å²) in [4.78, 5) is 16.2. The van der Waals surface area contributed by atoms with Gasteiger partial charge in [0, 0.05) is 31.8 Å². The molecule has 0 fully saturated rings. The topological polar surface area (TPSA) is 72.4 Å². The number of carbonyl (C=O) groups excluding carboxylic acids is 1. The summed E-state index contributed by atoms with van der Waals surface area (Å²) < 4.78 is 1.93. The number of anilines is 1. The normalized spacial score (nSPS) is 10.8. The van der Waals surface area contributed by atoms with Gasteiger partial charge in [0.15, 0.2) is 0 Å². The van der Waals surface area contributed by atoms with E-state index in [2.05, 4.69) is 22.4 Å². The van der Waals surface area contributed by atoms with Gasteiger partial charge >= 0.3 is 0 Å². The zero-order chi connectivity index (χ0) is 15.4. The number of rotatable bonds is 5. The summed E-state index contributed by atoms with van der Waals surface area (Å²) in [5, 5.41) is 2.83. The van der Waals surface area contributed by atoms with Crippen molar-refractivity contribution in [3.63, 3.8) is 0 Å². The van der Waals surface area contributed by atoms with Crippen LogP contribution in [0.15, 0.2) is 54.9 Å². The maximum absolute atomic E-state index is 11.6. The van der Waals surface area contributed by atoms with Crippen LogP contribution < -0.4 is 11.1 Å². The minimum absolute atomic E-state index is 0.0773. The van der Waals surface area contributed by atoms with Crippen LogP contribution in [0.1, 0.15) is 17.7 Å². The molecule has 3 rings (SSSR count). The fourth-order valence-electron chi connectivity index (χ4n) is 2.36. The second kappa shape index (κ2) is 6.41. The zero-order valence-electron chi connectivity index (χ0n) is 12.2. The molecule has 1 amide bonds. The van der Waals surface area contributed by atoms with Gasteiger partial charge in [0.25, 0.3) is 0 Å². The molecule has 0 bridgehead atoms. The van der Waals surface area contributed by atoms with E-state index < -0.39 is 0 Å². The number of aromatic nitrogens is 2. The molecule has 2 heterocycles. The second-order valence-corrected chi connectivity index (χ2v) is 5.16. The van der Waals surface area contributed by atoms with Crippen molar-refractivity contribution >= 4 is 17.2 Å². The van der Waals surface area contributed by atoms with Crippen LogP contribution in [-0.4, -0.2) is 21.8 Å². The Bertz CT molecular complexity index is 780. The molecule has 1 aromatic carbocycles. The highest BCUT2D eigenvalue weighted by atomic mass is 16.1. The molecule has 0 unspecified atom stereocenters. The molecule has 0 aliphatic heterocycles. The molecule has 0 spiro atoms. The number of fused-ring (bicyclic) bond motifs is 1. The summed E-state index contributed by atoms with van der Waals surface area (Å²) in [6, 6.07) is 14.0. The van der Waals surface area contributed by atoms with Crippen molar-refractivity contribution in [2.75, 3.05) is 11.9 Å². The smallest absolute Gasteiger partial charge is 0.225 e. The first-order valence-corrected chi connectivity index (χ1v) is 7.26. The minimum atomic E-state index is -0.0773. The number of hydrogen-bond donors (Lipinski definition) is 2. The Morgan fingerprint density at radius 2 is 1.95 bits per heavy atom. The van der Waals surface area contributed by atoms with Gasteiger partial charge in [-0.3, -0.25) is 4.79 Å². The maximum atomic E-state index is 11.6. The summed E-state index contributed by atoms with van der Waals surface area (Å²) in [5.41, 5.74) is 9.20. The third-order valence-electron chi connectivity index (χ3n) is 3.38. The predicted octanol–water partition coefficient (Wildman–Crippen LogP) is 2.21. The van der Waals surface area contributed by atoms with Crippen molar-refractivity contribution in [3.8, 4) is 0 Å². The molecule has 0 aliphatic carbocycles. The highest BCUT2D eigenvalue weighted by molar-refractivity contribution is 5.90. The highest BCUT2D eigenvalue weighted by Gasteiger charge is 2.05. The van der Waals surface area contributed by atoms with Gasteiger partial charge in [-0.1, -0.05) is 30.3 Å². The van der Waals surface area contributed by atoms with Crippen LogP contribution in [0.3, 0.4) is 0 Å². The minimum Gasteiger partial charge on any atom is -0.330 e. The maximum Gasteiger partial charge on any atom is 0.225 e. The number of carbonyl (C=O) groups is 1. The van der Waals surface area contributed by atoms with Crippen molar-refractivity contribution in [1.82, 2.24) is 9.38 Å².